The maximum Gasteiger partial charge on any atom is 0.252 e. The number of rotatable bonds is 10. The summed E-state index contributed by atoms with van der Waals surface area (Å²) in [5.74, 6) is 1.72. The number of aromatic nitrogens is 2. The normalized spacial score (nSPS) is 14.9. The number of carbonyl (C=O) groups excluding carboxylic acids is 1. The van der Waals surface area contributed by atoms with Crippen molar-refractivity contribution in [1.29, 1.82) is 0 Å². The van der Waals surface area contributed by atoms with Gasteiger partial charge in [-0.05, 0) is 30.7 Å². The summed E-state index contributed by atoms with van der Waals surface area (Å²) in [6.07, 6.45) is 0.946. The fraction of sp³-hybridized carbons (Fsp3) is 0.400. The van der Waals surface area contributed by atoms with Crippen LogP contribution in [0.3, 0.4) is 0 Å². The van der Waals surface area contributed by atoms with Gasteiger partial charge in [0.05, 0.1) is 11.3 Å². The Morgan fingerprint density at radius 3 is 2.52 bits per heavy atom. The van der Waals surface area contributed by atoms with Gasteiger partial charge in [0.25, 0.3) is 5.91 Å². The summed E-state index contributed by atoms with van der Waals surface area (Å²) in [7, 11) is 0. The molecular formula is C25H31N5O2S. The van der Waals surface area contributed by atoms with Gasteiger partial charge in [0.2, 0.25) is 5.89 Å². The lowest BCUT2D eigenvalue weighted by Crippen LogP contribution is -2.46. The van der Waals surface area contributed by atoms with E-state index in [1.165, 1.54) is 5.56 Å². The number of carbonyl (C=O) groups is 1. The third kappa shape index (κ3) is 7.15. The molecule has 1 fully saturated rings. The molecule has 0 radical (unpaired) electrons. The molecular weight excluding hydrogens is 434 g/mol. The highest BCUT2D eigenvalue weighted by Gasteiger charge is 2.17. The number of hydrogen-bond acceptors (Lipinski definition) is 7. The Hall–Kier alpha value is -2.68. The standard InChI is InChI=1S/C25H31N5O2S/c1-20-27-24(28-32-20)19-33-23-11-6-5-10-22(23)25(31)26-12-7-13-29-14-16-30(17-15-29)18-21-8-3-2-4-9-21/h2-6,8-11H,7,12-19H2,1H3,(H,26,31). The summed E-state index contributed by atoms with van der Waals surface area (Å²) in [5.41, 5.74) is 2.07. The van der Waals surface area contributed by atoms with Crippen LogP contribution in [0.25, 0.3) is 0 Å². The molecule has 7 nitrogen and oxygen atoms in total. The monoisotopic (exact) mass is 465 g/mol. The molecule has 1 aromatic heterocycles. The first kappa shape index (κ1) is 23.5. The van der Waals surface area contributed by atoms with Crippen LogP contribution in [-0.2, 0) is 12.3 Å². The van der Waals surface area contributed by atoms with Crippen LogP contribution in [0.15, 0.2) is 64.0 Å². The van der Waals surface area contributed by atoms with Crippen molar-refractivity contribution < 1.29 is 9.32 Å². The molecule has 2 heterocycles. The van der Waals surface area contributed by atoms with E-state index in [4.69, 9.17) is 4.52 Å². The maximum absolute atomic E-state index is 12.8. The summed E-state index contributed by atoms with van der Waals surface area (Å²) >= 11 is 1.55. The van der Waals surface area contributed by atoms with Crippen LogP contribution in [0.5, 0.6) is 0 Å². The lowest BCUT2D eigenvalue weighted by atomic mass is 10.2. The van der Waals surface area contributed by atoms with Crippen LogP contribution in [0.2, 0.25) is 0 Å². The van der Waals surface area contributed by atoms with Crippen LogP contribution in [0.1, 0.15) is 34.1 Å². The van der Waals surface area contributed by atoms with Crippen molar-refractivity contribution in [1.82, 2.24) is 25.3 Å². The molecule has 2 aromatic carbocycles. The van der Waals surface area contributed by atoms with Gasteiger partial charge < -0.3 is 14.7 Å². The first-order valence-corrected chi connectivity index (χ1v) is 12.4. The van der Waals surface area contributed by atoms with Crippen LogP contribution in [0.4, 0.5) is 0 Å². The van der Waals surface area contributed by atoms with Gasteiger partial charge >= 0.3 is 0 Å². The molecule has 1 amide bonds. The van der Waals surface area contributed by atoms with E-state index in [0.717, 1.165) is 50.6 Å². The highest BCUT2D eigenvalue weighted by atomic mass is 32.2. The molecule has 4 rings (SSSR count). The van der Waals surface area contributed by atoms with E-state index in [1.807, 2.05) is 24.3 Å². The second-order valence-corrected chi connectivity index (χ2v) is 9.24. The van der Waals surface area contributed by atoms with Crippen molar-refractivity contribution in [3.63, 3.8) is 0 Å². The fourth-order valence-corrected chi connectivity index (χ4v) is 4.83. The zero-order chi connectivity index (χ0) is 22.9. The zero-order valence-corrected chi connectivity index (χ0v) is 19.9. The average molecular weight is 466 g/mol. The smallest absolute Gasteiger partial charge is 0.252 e. The molecule has 0 bridgehead atoms. The van der Waals surface area contributed by atoms with E-state index in [0.29, 0.717) is 29.6 Å². The highest BCUT2D eigenvalue weighted by molar-refractivity contribution is 7.98. The van der Waals surface area contributed by atoms with Gasteiger partial charge in [-0.25, -0.2) is 0 Å². The molecule has 33 heavy (non-hydrogen) atoms. The van der Waals surface area contributed by atoms with E-state index in [-0.39, 0.29) is 5.91 Å². The van der Waals surface area contributed by atoms with E-state index in [2.05, 4.69) is 55.6 Å². The van der Waals surface area contributed by atoms with E-state index in [9.17, 15) is 4.79 Å². The molecule has 8 heteroatoms. The Labute approximate surface area is 199 Å². The second kappa shape index (κ2) is 12.0. The SMILES string of the molecule is Cc1nc(CSc2ccccc2C(=O)NCCCN2CCN(Cc3ccccc3)CC2)no1. The van der Waals surface area contributed by atoms with Gasteiger partial charge in [0.15, 0.2) is 5.82 Å². The van der Waals surface area contributed by atoms with Crippen LogP contribution >= 0.6 is 11.8 Å². The van der Waals surface area contributed by atoms with Crippen molar-refractivity contribution in [2.45, 2.75) is 30.5 Å². The quantitative estimate of drug-likeness (QED) is 0.362. The number of piperazine rings is 1. The zero-order valence-electron chi connectivity index (χ0n) is 19.1. The van der Waals surface area contributed by atoms with Crippen molar-refractivity contribution in [2.24, 2.45) is 0 Å². The average Bonchev–Trinajstić information content (AvgIpc) is 3.27. The Morgan fingerprint density at radius 1 is 1.03 bits per heavy atom. The van der Waals surface area contributed by atoms with Gasteiger partial charge in [-0.15, -0.1) is 11.8 Å². The fourth-order valence-electron chi connectivity index (χ4n) is 3.93. The molecule has 0 aliphatic carbocycles. The van der Waals surface area contributed by atoms with E-state index in [1.54, 1.807) is 18.7 Å². The summed E-state index contributed by atoms with van der Waals surface area (Å²) in [6.45, 7) is 8.81. The summed E-state index contributed by atoms with van der Waals surface area (Å²) in [5, 5.41) is 7.00. The maximum atomic E-state index is 12.8. The third-order valence-corrected chi connectivity index (χ3v) is 6.78. The molecule has 0 unspecified atom stereocenters. The lowest BCUT2D eigenvalue weighted by molar-refractivity contribution is 0.0944. The number of aryl methyl sites for hydroxylation is 1. The lowest BCUT2D eigenvalue weighted by Gasteiger charge is -2.34. The molecule has 174 valence electrons. The Bertz CT molecular complexity index is 1020. The Kier molecular flexibility index (Phi) is 8.52. The molecule has 1 aliphatic heterocycles. The summed E-state index contributed by atoms with van der Waals surface area (Å²) in [6, 6.07) is 18.3. The van der Waals surface area contributed by atoms with Gasteiger partial charge in [-0.2, -0.15) is 4.98 Å². The number of nitrogens with zero attached hydrogens (tertiary/aromatic N) is 4. The van der Waals surface area contributed by atoms with Crippen LogP contribution in [-0.4, -0.2) is 65.1 Å². The predicted molar refractivity (Wildman–Crippen MR) is 130 cm³/mol. The van der Waals surface area contributed by atoms with Crippen molar-refractivity contribution in [2.75, 3.05) is 39.3 Å². The molecule has 0 saturated carbocycles. The van der Waals surface area contributed by atoms with E-state index < -0.39 is 0 Å². The Morgan fingerprint density at radius 2 is 1.76 bits per heavy atom. The molecule has 1 aliphatic rings. The first-order valence-electron chi connectivity index (χ1n) is 11.5. The predicted octanol–water partition coefficient (Wildman–Crippen LogP) is 3.61. The van der Waals surface area contributed by atoms with Crippen LogP contribution < -0.4 is 5.32 Å². The van der Waals surface area contributed by atoms with Crippen LogP contribution in [0, 0.1) is 6.92 Å². The van der Waals surface area contributed by atoms with Crippen molar-refractivity contribution in [3.05, 3.63) is 77.4 Å². The minimum Gasteiger partial charge on any atom is -0.352 e. The van der Waals surface area contributed by atoms with Gasteiger partial charge in [0, 0.05) is 51.1 Å². The number of nitrogens with one attached hydrogen (secondary N) is 1. The summed E-state index contributed by atoms with van der Waals surface area (Å²) < 4.78 is 5.02. The molecule has 1 saturated heterocycles. The van der Waals surface area contributed by atoms with Gasteiger partial charge in [-0.1, -0.05) is 47.6 Å². The molecule has 1 N–H and O–H groups in total. The molecule has 0 spiro atoms. The minimum atomic E-state index is -0.0323. The number of thioether (sulfide) groups is 1. The molecule has 3 aromatic rings. The highest BCUT2D eigenvalue weighted by Crippen LogP contribution is 2.25. The van der Waals surface area contributed by atoms with Crippen molar-refractivity contribution >= 4 is 17.7 Å². The number of benzene rings is 2. The number of amides is 1. The summed E-state index contributed by atoms with van der Waals surface area (Å²) in [4.78, 5) is 22.9. The Balaban J connectivity index is 1.16. The second-order valence-electron chi connectivity index (χ2n) is 8.23. The van der Waals surface area contributed by atoms with E-state index >= 15 is 0 Å². The third-order valence-electron chi connectivity index (χ3n) is 5.71. The van der Waals surface area contributed by atoms with Crippen molar-refractivity contribution in [3.8, 4) is 0 Å². The van der Waals surface area contributed by atoms with Gasteiger partial charge in [-0.3, -0.25) is 9.69 Å². The largest absolute Gasteiger partial charge is 0.352 e. The molecule has 0 atom stereocenters. The van der Waals surface area contributed by atoms with Gasteiger partial charge in [0.1, 0.15) is 0 Å². The number of hydrogen-bond donors (Lipinski definition) is 1. The minimum absolute atomic E-state index is 0.0323. The topological polar surface area (TPSA) is 74.5 Å². The first-order chi connectivity index (χ1) is 16.2.